The van der Waals surface area contributed by atoms with Crippen LogP contribution in [-0.2, 0) is 11.8 Å². The lowest BCUT2D eigenvalue weighted by molar-refractivity contribution is 0.0720. The molecule has 2 atom stereocenters. The van der Waals surface area contributed by atoms with Crippen LogP contribution in [0.4, 0.5) is 11.5 Å². The monoisotopic (exact) mass is 473 g/mol. The van der Waals surface area contributed by atoms with E-state index in [4.69, 9.17) is 32.9 Å². The van der Waals surface area contributed by atoms with Gasteiger partial charge in [0.2, 0.25) is 0 Å². The number of nitrogens with zero attached hydrogens (tertiary/aromatic N) is 4. The maximum absolute atomic E-state index is 13.3. The predicted molar refractivity (Wildman–Crippen MR) is 129 cm³/mol. The zero-order valence-electron chi connectivity index (χ0n) is 18.2. The SMILES string of the molecule is CCO[C@@H]1CN(c2ccccn2)C[C@H]1Nc1c(C)nc(-c2ccc(Cl)cc2Cl)n(C)c1=O. The van der Waals surface area contributed by atoms with Gasteiger partial charge in [0.05, 0.1) is 22.9 Å². The van der Waals surface area contributed by atoms with Crippen LogP contribution in [0.15, 0.2) is 47.4 Å². The number of aromatic nitrogens is 3. The normalized spacial score (nSPS) is 18.2. The number of anilines is 2. The van der Waals surface area contributed by atoms with Gasteiger partial charge in [-0.1, -0.05) is 29.3 Å². The van der Waals surface area contributed by atoms with Crippen molar-refractivity contribution < 1.29 is 4.74 Å². The zero-order chi connectivity index (χ0) is 22.8. The molecular formula is C23H25Cl2N5O2. The van der Waals surface area contributed by atoms with E-state index < -0.39 is 0 Å². The Balaban J connectivity index is 1.65. The Kier molecular flexibility index (Phi) is 6.69. The van der Waals surface area contributed by atoms with Crippen molar-refractivity contribution in [2.24, 2.45) is 7.05 Å². The third-order valence-electron chi connectivity index (χ3n) is 5.59. The Bertz CT molecular complexity index is 1170. The van der Waals surface area contributed by atoms with E-state index in [0.29, 0.717) is 52.5 Å². The molecule has 0 saturated carbocycles. The molecule has 0 aliphatic carbocycles. The maximum Gasteiger partial charge on any atom is 0.277 e. The molecular weight excluding hydrogens is 449 g/mol. The summed E-state index contributed by atoms with van der Waals surface area (Å²) in [4.78, 5) is 24.6. The molecule has 0 bridgehead atoms. The summed E-state index contributed by atoms with van der Waals surface area (Å²) in [6, 6.07) is 10.9. The largest absolute Gasteiger partial charge is 0.374 e. The Hall–Kier alpha value is -2.61. The second kappa shape index (κ2) is 9.48. The first-order valence-corrected chi connectivity index (χ1v) is 11.2. The second-order valence-electron chi connectivity index (χ2n) is 7.72. The number of rotatable bonds is 6. The molecule has 9 heteroatoms. The molecule has 3 heterocycles. The smallest absolute Gasteiger partial charge is 0.277 e. The Labute approximate surface area is 197 Å². The minimum Gasteiger partial charge on any atom is -0.374 e. The third-order valence-corrected chi connectivity index (χ3v) is 6.14. The Morgan fingerprint density at radius 2 is 2.03 bits per heavy atom. The molecule has 32 heavy (non-hydrogen) atoms. The highest BCUT2D eigenvalue weighted by Crippen LogP contribution is 2.30. The standard InChI is InChI=1S/C23H25Cl2N5O2/c1-4-32-19-13-30(20-7-5-6-10-26-20)12-18(19)28-21-14(2)27-22(29(3)23(21)31)16-9-8-15(24)11-17(16)25/h5-11,18-19,28H,4,12-13H2,1-3H3/t18-,19-/m1/s1. The highest BCUT2D eigenvalue weighted by atomic mass is 35.5. The van der Waals surface area contributed by atoms with Crippen LogP contribution in [0.5, 0.6) is 0 Å². The minimum absolute atomic E-state index is 0.0866. The molecule has 1 aliphatic heterocycles. The molecule has 7 nitrogen and oxygen atoms in total. The van der Waals surface area contributed by atoms with Crippen LogP contribution in [0.25, 0.3) is 11.4 Å². The molecule has 4 rings (SSSR count). The number of hydrogen-bond acceptors (Lipinski definition) is 6. The molecule has 1 saturated heterocycles. The maximum atomic E-state index is 13.3. The van der Waals surface area contributed by atoms with Crippen molar-refractivity contribution in [2.75, 3.05) is 29.9 Å². The first kappa shape index (κ1) is 22.6. The van der Waals surface area contributed by atoms with Crippen LogP contribution < -0.4 is 15.8 Å². The van der Waals surface area contributed by atoms with Gasteiger partial charge in [-0.25, -0.2) is 9.97 Å². The second-order valence-corrected chi connectivity index (χ2v) is 8.57. The summed E-state index contributed by atoms with van der Waals surface area (Å²) in [7, 11) is 1.69. The summed E-state index contributed by atoms with van der Waals surface area (Å²) in [6.45, 7) is 5.72. The third kappa shape index (κ3) is 4.46. The van der Waals surface area contributed by atoms with Gasteiger partial charge in [-0.3, -0.25) is 9.36 Å². The summed E-state index contributed by atoms with van der Waals surface area (Å²) in [5.41, 5.74) is 1.53. The number of aryl methyl sites for hydroxylation is 1. The predicted octanol–water partition coefficient (Wildman–Crippen LogP) is 4.16. The summed E-state index contributed by atoms with van der Waals surface area (Å²) < 4.78 is 7.48. The summed E-state index contributed by atoms with van der Waals surface area (Å²) >= 11 is 12.4. The van der Waals surface area contributed by atoms with Gasteiger partial charge in [-0.2, -0.15) is 0 Å². The topological polar surface area (TPSA) is 72.3 Å². The van der Waals surface area contributed by atoms with Gasteiger partial charge in [-0.15, -0.1) is 0 Å². The highest BCUT2D eigenvalue weighted by Gasteiger charge is 2.35. The molecule has 0 radical (unpaired) electrons. The van der Waals surface area contributed by atoms with Crippen molar-refractivity contribution in [3.63, 3.8) is 0 Å². The van der Waals surface area contributed by atoms with Gasteiger partial charge in [0.25, 0.3) is 5.56 Å². The fraction of sp³-hybridized carbons (Fsp3) is 0.348. The van der Waals surface area contributed by atoms with Crippen LogP contribution >= 0.6 is 23.2 Å². The van der Waals surface area contributed by atoms with Crippen molar-refractivity contribution in [1.29, 1.82) is 0 Å². The summed E-state index contributed by atoms with van der Waals surface area (Å²) in [5, 5.41) is 4.38. The summed E-state index contributed by atoms with van der Waals surface area (Å²) in [6.07, 6.45) is 1.69. The van der Waals surface area contributed by atoms with E-state index >= 15 is 0 Å². The number of halogens is 2. The van der Waals surface area contributed by atoms with Crippen LogP contribution in [0, 0.1) is 6.92 Å². The molecule has 0 spiro atoms. The van der Waals surface area contributed by atoms with Gasteiger partial charge < -0.3 is 15.0 Å². The molecule has 1 aliphatic rings. The lowest BCUT2D eigenvalue weighted by atomic mass is 10.1. The van der Waals surface area contributed by atoms with Crippen molar-refractivity contribution >= 4 is 34.7 Å². The molecule has 3 aromatic rings. The van der Waals surface area contributed by atoms with Gasteiger partial charge in [0.1, 0.15) is 17.3 Å². The lowest BCUT2D eigenvalue weighted by Gasteiger charge is -2.22. The van der Waals surface area contributed by atoms with Gasteiger partial charge in [-0.05, 0) is 44.2 Å². The van der Waals surface area contributed by atoms with Crippen LogP contribution in [0.2, 0.25) is 10.0 Å². The molecule has 1 N–H and O–H groups in total. The molecule has 2 aromatic heterocycles. The average Bonchev–Trinajstić information content (AvgIpc) is 3.17. The van der Waals surface area contributed by atoms with Gasteiger partial charge in [0, 0.05) is 43.5 Å². The van der Waals surface area contributed by atoms with Crippen LogP contribution in [-0.4, -0.2) is 46.4 Å². The van der Waals surface area contributed by atoms with E-state index in [1.165, 1.54) is 4.57 Å². The van der Waals surface area contributed by atoms with E-state index in [1.807, 2.05) is 32.0 Å². The van der Waals surface area contributed by atoms with Crippen LogP contribution in [0.1, 0.15) is 12.6 Å². The van der Waals surface area contributed by atoms with Gasteiger partial charge in [0.15, 0.2) is 0 Å². The van der Waals surface area contributed by atoms with E-state index in [0.717, 1.165) is 5.82 Å². The minimum atomic E-state index is -0.176. The number of ether oxygens (including phenoxy) is 1. The molecule has 1 fully saturated rings. The first-order valence-electron chi connectivity index (χ1n) is 10.5. The molecule has 168 valence electrons. The van der Waals surface area contributed by atoms with Crippen molar-refractivity contribution in [3.8, 4) is 11.4 Å². The highest BCUT2D eigenvalue weighted by molar-refractivity contribution is 6.36. The number of hydrogen-bond donors (Lipinski definition) is 1. The van der Waals surface area contributed by atoms with Crippen molar-refractivity contribution in [3.05, 3.63) is 68.7 Å². The lowest BCUT2D eigenvalue weighted by Crippen LogP contribution is -2.38. The Morgan fingerprint density at radius 1 is 1.22 bits per heavy atom. The fourth-order valence-electron chi connectivity index (χ4n) is 4.00. The molecule has 0 unspecified atom stereocenters. The van der Waals surface area contributed by atoms with Gasteiger partial charge >= 0.3 is 0 Å². The number of pyridine rings is 1. The first-order chi connectivity index (χ1) is 15.4. The Morgan fingerprint density at radius 3 is 2.72 bits per heavy atom. The van der Waals surface area contributed by atoms with E-state index in [9.17, 15) is 4.79 Å². The van der Waals surface area contributed by atoms with E-state index in [2.05, 4.69) is 15.2 Å². The fourth-order valence-corrected chi connectivity index (χ4v) is 4.49. The number of benzene rings is 1. The zero-order valence-corrected chi connectivity index (χ0v) is 19.7. The molecule has 1 aromatic carbocycles. The van der Waals surface area contributed by atoms with E-state index in [1.54, 1.807) is 31.4 Å². The quantitative estimate of drug-likeness (QED) is 0.579. The average molecular weight is 474 g/mol. The number of nitrogens with one attached hydrogen (secondary N) is 1. The summed E-state index contributed by atoms with van der Waals surface area (Å²) in [5.74, 6) is 1.37. The van der Waals surface area contributed by atoms with Crippen molar-refractivity contribution in [1.82, 2.24) is 14.5 Å². The van der Waals surface area contributed by atoms with E-state index in [-0.39, 0.29) is 17.7 Å². The van der Waals surface area contributed by atoms with Crippen molar-refractivity contribution in [2.45, 2.75) is 26.0 Å². The van der Waals surface area contributed by atoms with Crippen LogP contribution in [0.3, 0.4) is 0 Å². The molecule has 0 amide bonds.